The molecule has 1 N–H and O–H groups in total. The second kappa shape index (κ2) is 8.79. The van der Waals surface area contributed by atoms with Crippen LogP contribution in [0.25, 0.3) is 10.9 Å². The Hall–Kier alpha value is -3.12. The maximum absolute atomic E-state index is 13.1. The number of carbonyl (C=O) groups is 2. The van der Waals surface area contributed by atoms with Crippen LogP contribution in [0.15, 0.2) is 60.8 Å². The second-order valence-electron chi connectivity index (χ2n) is 8.83. The van der Waals surface area contributed by atoms with E-state index in [0.29, 0.717) is 45.6 Å². The first-order chi connectivity index (χ1) is 15.7. The van der Waals surface area contributed by atoms with Crippen molar-refractivity contribution in [2.24, 2.45) is 0 Å². The molecule has 6 nitrogen and oxygen atoms in total. The van der Waals surface area contributed by atoms with Gasteiger partial charge in [-0.25, -0.2) is 0 Å². The highest BCUT2D eigenvalue weighted by Crippen LogP contribution is 2.38. The number of amides is 2. The van der Waals surface area contributed by atoms with Gasteiger partial charge in [-0.05, 0) is 48.4 Å². The molecule has 3 aromatic rings. The molecule has 2 aliphatic heterocycles. The minimum Gasteiger partial charge on any atom is -0.381 e. The summed E-state index contributed by atoms with van der Waals surface area (Å²) in [6.45, 7) is 3.20. The summed E-state index contributed by atoms with van der Waals surface area (Å²) in [4.78, 5) is 28.0. The highest BCUT2D eigenvalue weighted by Gasteiger charge is 2.45. The lowest BCUT2D eigenvalue weighted by Gasteiger charge is -2.44. The molecule has 3 heterocycles. The Morgan fingerprint density at radius 1 is 1.03 bits per heavy atom. The van der Waals surface area contributed by atoms with Gasteiger partial charge in [0.05, 0.1) is 12.0 Å². The molecule has 0 atom stereocenters. The van der Waals surface area contributed by atoms with E-state index in [1.54, 1.807) is 0 Å². The largest absolute Gasteiger partial charge is 0.381 e. The van der Waals surface area contributed by atoms with Crippen molar-refractivity contribution in [3.05, 3.63) is 71.9 Å². The van der Waals surface area contributed by atoms with E-state index in [-0.39, 0.29) is 11.8 Å². The lowest BCUT2D eigenvalue weighted by Crippen LogP contribution is -2.54. The summed E-state index contributed by atoms with van der Waals surface area (Å²) in [5, 5.41) is 4.32. The fourth-order valence-electron chi connectivity index (χ4n) is 5.11. The zero-order valence-corrected chi connectivity index (χ0v) is 18.3. The third kappa shape index (κ3) is 3.91. The fourth-order valence-corrected chi connectivity index (χ4v) is 5.11. The number of benzene rings is 2. The van der Waals surface area contributed by atoms with Crippen LogP contribution in [0.2, 0.25) is 0 Å². The minimum absolute atomic E-state index is 0.00743. The third-order valence-corrected chi connectivity index (χ3v) is 6.89. The van der Waals surface area contributed by atoms with Crippen LogP contribution in [-0.4, -0.2) is 46.6 Å². The van der Waals surface area contributed by atoms with E-state index in [4.69, 9.17) is 4.74 Å². The number of fused-ring (bicyclic) bond motifs is 2. The van der Waals surface area contributed by atoms with Crippen molar-refractivity contribution >= 4 is 22.7 Å². The first-order valence-corrected chi connectivity index (χ1v) is 11.4. The van der Waals surface area contributed by atoms with Crippen molar-refractivity contribution in [2.75, 3.05) is 19.8 Å². The van der Waals surface area contributed by atoms with Crippen LogP contribution in [0.1, 0.15) is 41.6 Å². The predicted molar refractivity (Wildman–Crippen MR) is 123 cm³/mol. The van der Waals surface area contributed by atoms with E-state index in [1.807, 2.05) is 41.3 Å². The number of aryl methyl sites for hydroxylation is 1. The first kappa shape index (κ1) is 20.8. The van der Waals surface area contributed by atoms with Crippen LogP contribution in [0.4, 0.5) is 0 Å². The van der Waals surface area contributed by atoms with Crippen molar-refractivity contribution in [1.29, 1.82) is 0 Å². The maximum Gasteiger partial charge on any atom is 0.254 e. The molecule has 0 radical (unpaired) electrons. The number of hydrogen-bond donors (Lipinski definition) is 1. The zero-order valence-electron chi connectivity index (χ0n) is 18.3. The predicted octanol–water partition coefficient (Wildman–Crippen LogP) is 3.74. The molecular weight excluding hydrogens is 402 g/mol. The number of carbonyl (C=O) groups excluding carboxylic acids is 2. The van der Waals surface area contributed by atoms with Crippen molar-refractivity contribution in [1.82, 2.24) is 14.8 Å². The molecule has 0 saturated carbocycles. The molecule has 0 aliphatic carbocycles. The van der Waals surface area contributed by atoms with Gasteiger partial charge in [-0.15, -0.1) is 0 Å². The Bertz CT molecular complexity index is 1130. The van der Waals surface area contributed by atoms with Gasteiger partial charge in [0, 0.05) is 50.1 Å². The highest BCUT2D eigenvalue weighted by atomic mass is 16.5. The summed E-state index contributed by atoms with van der Waals surface area (Å²) in [5.41, 5.74) is 2.54. The van der Waals surface area contributed by atoms with Gasteiger partial charge in [0.1, 0.15) is 0 Å². The number of rotatable bonds is 7. The molecule has 0 spiro atoms. The highest BCUT2D eigenvalue weighted by molar-refractivity contribution is 5.99. The molecule has 2 aliphatic rings. The van der Waals surface area contributed by atoms with Crippen molar-refractivity contribution < 1.29 is 14.3 Å². The van der Waals surface area contributed by atoms with Crippen LogP contribution < -0.4 is 5.32 Å². The standard InChI is InChI=1S/C26H29N3O3/c30-24(27-13-5-14-28-15-10-20-6-2-4-9-23(20)28)18-26(11-16-32-17-12-26)29-19-21-7-1-3-8-22(21)25(29)31/h1-4,6-10,15H,5,11-14,16-19H2,(H,27,30). The van der Waals surface area contributed by atoms with Gasteiger partial charge in [-0.3, -0.25) is 9.59 Å². The summed E-state index contributed by atoms with van der Waals surface area (Å²) < 4.78 is 7.80. The van der Waals surface area contributed by atoms with Crippen molar-refractivity contribution in [2.45, 2.75) is 44.3 Å². The summed E-state index contributed by atoms with van der Waals surface area (Å²) in [6, 6.07) is 18.2. The van der Waals surface area contributed by atoms with Crippen LogP contribution in [0.5, 0.6) is 0 Å². The van der Waals surface area contributed by atoms with Gasteiger partial charge in [0.15, 0.2) is 0 Å². The van der Waals surface area contributed by atoms with Crippen LogP contribution in [-0.2, 0) is 22.6 Å². The Balaban J connectivity index is 1.20. The number of aromatic nitrogens is 1. The monoisotopic (exact) mass is 431 g/mol. The van der Waals surface area contributed by atoms with Crippen molar-refractivity contribution in [3.8, 4) is 0 Å². The van der Waals surface area contributed by atoms with Gasteiger partial charge < -0.3 is 19.5 Å². The van der Waals surface area contributed by atoms with Gasteiger partial charge in [0.2, 0.25) is 5.91 Å². The zero-order chi connectivity index (χ0) is 22.0. The number of hydrogen-bond acceptors (Lipinski definition) is 3. The smallest absolute Gasteiger partial charge is 0.254 e. The molecule has 0 bridgehead atoms. The fraction of sp³-hybridized carbons (Fsp3) is 0.385. The lowest BCUT2D eigenvalue weighted by molar-refractivity contribution is -0.125. The summed E-state index contributed by atoms with van der Waals surface area (Å²) in [7, 11) is 0. The topological polar surface area (TPSA) is 63.6 Å². The van der Waals surface area contributed by atoms with Crippen LogP contribution >= 0.6 is 0 Å². The molecule has 0 unspecified atom stereocenters. The molecule has 1 saturated heterocycles. The summed E-state index contributed by atoms with van der Waals surface area (Å²) in [5.74, 6) is 0.0443. The molecule has 6 heteroatoms. The van der Waals surface area contributed by atoms with Gasteiger partial charge in [-0.1, -0.05) is 36.4 Å². The SMILES string of the molecule is O=C(CC1(N2Cc3ccccc3C2=O)CCOCC1)NCCCn1ccc2ccccc21. The Kier molecular flexibility index (Phi) is 5.70. The van der Waals surface area contributed by atoms with Gasteiger partial charge >= 0.3 is 0 Å². The van der Waals surface area contributed by atoms with E-state index >= 15 is 0 Å². The normalized spacial score (nSPS) is 17.5. The van der Waals surface area contributed by atoms with E-state index < -0.39 is 5.54 Å². The van der Waals surface area contributed by atoms with Gasteiger partial charge in [0.25, 0.3) is 5.91 Å². The minimum atomic E-state index is -0.477. The summed E-state index contributed by atoms with van der Waals surface area (Å²) in [6.07, 6.45) is 4.66. The van der Waals surface area contributed by atoms with Crippen molar-refractivity contribution in [3.63, 3.8) is 0 Å². The number of nitrogens with zero attached hydrogens (tertiary/aromatic N) is 2. The van der Waals surface area contributed by atoms with Crippen LogP contribution in [0.3, 0.4) is 0 Å². The van der Waals surface area contributed by atoms with E-state index in [0.717, 1.165) is 24.1 Å². The molecule has 5 rings (SSSR count). The van der Waals surface area contributed by atoms with E-state index in [9.17, 15) is 9.59 Å². The Morgan fingerprint density at radius 2 is 1.81 bits per heavy atom. The molecule has 2 amide bonds. The van der Waals surface area contributed by atoms with Crippen LogP contribution in [0, 0.1) is 0 Å². The number of nitrogens with one attached hydrogen (secondary N) is 1. The number of ether oxygens (including phenoxy) is 1. The summed E-state index contributed by atoms with van der Waals surface area (Å²) >= 11 is 0. The first-order valence-electron chi connectivity index (χ1n) is 11.4. The average molecular weight is 432 g/mol. The van der Waals surface area contributed by atoms with E-state index in [2.05, 4.69) is 34.3 Å². The molecule has 2 aromatic carbocycles. The number of para-hydroxylation sites is 1. The lowest BCUT2D eigenvalue weighted by atomic mass is 9.84. The average Bonchev–Trinajstić information content (AvgIpc) is 3.39. The second-order valence-corrected chi connectivity index (χ2v) is 8.83. The molecule has 1 aromatic heterocycles. The molecule has 166 valence electrons. The molecule has 1 fully saturated rings. The molecule has 32 heavy (non-hydrogen) atoms. The maximum atomic E-state index is 13.1. The Labute approximate surface area is 188 Å². The third-order valence-electron chi connectivity index (χ3n) is 6.89. The van der Waals surface area contributed by atoms with E-state index in [1.165, 1.54) is 10.9 Å². The molecular formula is C26H29N3O3. The van der Waals surface area contributed by atoms with Gasteiger partial charge in [-0.2, -0.15) is 0 Å². The Morgan fingerprint density at radius 3 is 2.66 bits per heavy atom. The quantitative estimate of drug-likeness (QED) is 0.580.